The van der Waals surface area contributed by atoms with Crippen molar-refractivity contribution < 1.29 is 18.0 Å². The fraction of sp³-hybridized carbons (Fsp3) is 0.250. The summed E-state index contributed by atoms with van der Waals surface area (Å²) in [5.74, 6) is -0.174. The van der Waals surface area contributed by atoms with E-state index in [9.17, 15) is 18.0 Å². The van der Waals surface area contributed by atoms with Crippen molar-refractivity contribution in [1.82, 2.24) is 19.7 Å². The zero-order valence-corrected chi connectivity index (χ0v) is 15.4. The van der Waals surface area contributed by atoms with Crippen LogP contribution in [0.1, 0.15) is 29.7 Å². The van der Waals surface area contributed by atoms with Crippen molar-refractivity contribution in [2.75, 3.05) is 7.05 Å². The molecule has 0 unspecified atom stereocenters. The lowest BCUT2D eigenvalue weighted by molar-refractivity contribution is -0.137. The Morgan fingerprint density at radius 3 is 2.29 bits per heavy atom. The molecule has 0 spiro atoms. The van der Waals surface area contributed by atoms with Crippen LogP contribution in [0.5, 0.6) is 0 Å². The van der Waals surface area contributed by atoms with Gasteiger partial charge in [0.05, 0.1) is 23.7 Å². The lowest BCUT2D eigenvalue weighted by Crippen LogP contribution is -2.31. The first-order chi connectivity index (χ1) is 13.3. The van der Waals surface area contributed by atoms with Crippen LogP contribution in [-0.4, -0.2) is 32.6 Å². The number of halogens is 3. The van der Waals surface area contributed by atoms with E-state index in [0.29, 0.717) is 5.56 Å². The minimum atomic E-state index is -4.38. The van der Waals surface area contributed by atoms with Crippen molar-refractivity contribution in [2.45, 2.75) is 25.6 Å². The summed E-state index contributed by atoms with van der Waals surface area (Å²) in [5.41, 5.74) is 1.61. The van der Waals surface area contributed by atoms with Crippen LogP contribution in [-0.2, 0) is 17.4 Å². The number of hydrogen-bond acceptors (Lipinski definition) is 3. The quantitative estimate of drug-likeness (QED) is 0.663. The van der Waals surface area contributed by atoms with Crippen molar-refractivity contribution in [1.29, 1.82) is 0 Å². The topological polar surface area (TPSA) is 51.0 Å². The first-order valence-electron chi connectivity index (χ1n) is 8.62. The number of alkyl halides is 3. The molecule has 1 aromatic heterocycles. The van der Waals surface area contributed by atoms with Gasteiger partial charge in [0.2, 0.25) is 5.91 Å². The van der Waals surface area contributed by atoms with E-state index in [-0.39, 0.29) is 18.4 Å². The molecule has 0 saturated heterocycles. The molecule has 1 atom stereocenters. The van der Waals surface area contributed by atoms with Crippen molar-refractivity contribution in [3.63, 3.8) is 0 Å². The van der Waals surface area contributed by atoms with Crippen molar-refractivity contribution >= 4 is 5.91 Å². The van der Waals surface area contributed by atoms with Gasteiger partial charge in [0.1, 0.15) is 12.7 Å². The molecule has 0 aliphatic carbocycles. The molecular weight excluding hydrogens is 369 g/mol. The second-order valence-corrected chi connectivity index (χ2v) is 6.48. The molecule has 5 nitrogen and oxygen atoms in total. The first kappa shape index (κ1) is 19.6. The highest BCUT2D eigenvalue weighted by Gasteiger charge is 2.30. The highest BCUT2D eigenvalue weighted by atomic mass is 19.4. The normalized spacial score (nSPS) is 12.6. The highest BCUT2D eigenvalue weighted by Crippen LogP contribution is 2.29. The number of hydrogen-bond donors (Lipinski definition) is 0. The smallest absolute Gasteiger partial charge is 0.339 e. The van der Waals surface area contributed by atoms with Crippen LogP contribution in [0.4, 0.5) is 13.2 Å². The molecule has 0 bridgehead atoms. The molecule has 0 saturated carbocycles. The number of nitrogens with zero attached hydrogens (tertiary/aromatic N) is 4. The van der Waals surface area contributed by atoms with Crippen molar-refractivity contribution in [3.05, 3.63) is 77.9 Å². The van der Waals surface area contributed by atoms with Crippen LogP contribution >= 0.6 is 0 Å². The van der Waals surface area contributed by atoms with Gasteiger partial charge in [-0.15, -0.1) is 0 Å². The van der Waals surface area contributed by atoms with Gasteiger partial charge < -0.3 is 4.90 Å². The summed E-state index contributed by atoms with van der Waals surface area (Å²) in [6, 6.07) is 12.1. The number of likely N-dealkylation sites (N-methyl/N-ethyl adjacent to an activating group) is 1. The molecule has 146 valence electrons. The maximum Gasteiger partial charge on any atom is 0.416 e. The van der Waals surface area contributed by atoms with Gasteiger partial charge in [-0.25, -0.2) is 9.67 Å². The Balaban J connectivity index is 1.65. The minimum absolute atomic E-state index is 0.0377. The third-order valence-corrected chi connectivity index (χ3v) is 4.67. The molecule has 0 radical (unpaired) electrons. The van der Waals surface area contributed by atoms with Gasteiger partial charge in [0.15, 0.2) is 0 Å². The Bertz CT molecular complexity index is 920. The van der Waals surface area contributed by atoms with E-state index in [1.807, 2.05) is 31.2 Å². The zero-order valence-electron chi connectivity index (χ0n) is 15.4. The number of aromatic nitrogens is 3. The van der Waals surface area contributed by atoms with E-state index in [2.05, 4.69) is 10.1 Å². The Hall–Kier alpha value is -3.16. The van der Waals surface area contributed by atoms with Gasteiger partial charge in [0, 0.05) is 7.05 Å². The van der Waals surface area contributed by atoms with Crippen LogP contribution in [0.25, 0.3) is 5.69 Å². The van der Waals surface area contributed by atoms with Crippen LogP contribution in [0.3, 0.4) is 0 Å². The summed E-state index contributed by atoms with van der Waals surface area (Å²) in [6.07, 6.45) is -1.30. The molecule has 2 aromatic carbocycles. The standard InChI is InChI=1S/C20H19F3N4O/c1-14(16-5-9-18(10-6-16)27-13-24-12-25-27)26(2)19(28)11-15-3-7-17(8-4-15)20(21,22)23/h3-10,12-14H,11H2,1-2H3/t14-/m1/s1. The number of rotatable bonds is 5. The van der Waals surface area contributed by atoms with Crippen molar-refractivity contribution in [3.8, 4) is 5.69 Å². The molecule has 0 N–H and O–H groups in total. The molecular formula is C20H19F3N4O. The highest BCUT2D eigenvalue weighted by molar-refractivity contribution is 5.79. The predicted octanol–water partition coefficient (Wildman–Crippen LogP) is 4.05. The summed E-state index contributed by atoms with van der Waals surface area (Å²) in [4.78, 5) is 18.0. The maximum atomic E-state index is 12.6. The van der Waals surface area contributed by atoms with Crippen LogP contribution < -0.4 is 0 Å². The van der Waals surface area contributed by atoms with Crippen LogP contribution in [0.15, 0.2) is 61.2 Å². The summed E-state index contributed by atoms with van der Waals surface area (Å²) < 4.78 is 39.5. The number of amides is 1. The molecule has 28 heavy (non-hydrogen) atoms. The zero-order chi connectivity index (χ0) is 20.3. The summed E-state index contributed by atoms with van der Waals surface area (Å²) in [5, 5.41) is 4.06. The first-order valence-corrected chi connectivity index (χ1v) is 8.62. The molecule has 3 aromatic rings. The number of benzene rings is 2. The Labute approximate surface area is 160 Å². The minimum Gasteiger partial charge on any atom is -0.339 e. The second-order valence-electron chi connectivity index (χ2n) is 6.48. The van der Waals surface area contributed by atoms with Gasteiger partial charge >= 0.3 is 6.18 Å². The van der Waals surface area contributed by atoms with E-state index < -0.39 is 11.7 Å². The van der Waals surface area contributed by atoms with Gasteiger partial charge in [-0.1, -0.05) is 24.3 Å². The van der Waals surface area contributed by atoms with Crippen molar-refractivity contribution in [2.24, 2.45) is 0 Å². The lowest BCUT2D eigenvalue weighted by Gasteiger charge is -2.25. The summed E-state index contributed by atoms with van der Waals surface area (Å²) in [7, 11) is 1.68. The Kier molecular flexibility index (Phi) is 5.48. The Morgan fingerprint density at radius 1 is 1.11 bits per heavy atom. The van der Waals surface area contributed by atoms with Gasteiger partial charge in [-0.3, -0.25) is 4.79 Å². The second kappa shape index (κ2) is 7.84. The van der Waals surface area contributed by atoms with Crippen LogP contribution in [0.2, 0.25) is 0 Å². The van der Waals surface area contributed by atoms with E-state index in [0.717, 1.165) is 23.4 Å². The maximum absolute atomic E-state index is 12.6. The summed E-state index contributed by atoms with van der Waals surface area (Å²) >= 11 is 0. The van der Waals surface area contributed by atoms with E-state index in [1.165, 1.54) is 18.5 Å². The van der Waals surface area contributed by atoms with Gasteiger partial charge in [0.25, 0.3) is 0 Å². The van der Waals surface area contributed by atoms with E-state index >= 15 is 0 Å². The van der Waals surface area contributed by atoms with E-state index in [1.54, 1.807) is 23.0 Å². The van der Waals surface area contributed by atoms with Crippen LogP contribution in [0, 0.1) is 0 Å². The third-order valence-electron chi connectivity index (χ3n) is 4.67. The SMILES string of the molecule is C[C@H](c1ccc(-n2cncn2)cc1)N(C)C(=O)Cc1ccc(C(F)(F)F)cc1. The monoisotopic (exact) mass is 388 g/mol. The largest absolute Gasteiger partial charge is 0.416 e. The fourth-order valence-electron chi connectivity index (χ4n) is 2.80. The summed E-state index contributed by atoms with van der Waals surface area (Å²) in [6.45, 7) is 1.90. The average molecular weight is 388 g/mol. The molecule has 3 rings (SSSR count). The van der Waals surface area contributed by atoms with Gasteiger partial charge in [-0.2, -0.15) is 18.3 Å². The lowest BCUT2D eigenvalue weighted by atomic mass is 10.0. The molecule has 1 heterocycles. The number of carbonyl (C=O) groups is 1. The average Bonchev–Trinajstić information content (AvgIpc) is 3.21. The molecule has 0 fully saturated rings. The molecule has 8 heteroatoms. The Morgan fingerprint density at radius 2 is 1.75 bits per heavy atom. The predicted molar refractivity (Wildman–Crippen MR) is 97.7 cm³/mol. The van der Waals surface area contributed by atoms with Gasteiger partial charge in [-0.05, 0) is 42.3 Å². The van der Waals surface area contributed by atoms with E-state index in [4.69, 9.17) is 0 Å². The third kappa shape index (κ3) is 4.39. The molecule has 0 aliphatic rings. The molecule has 1 amide bonds. The fourth-order valence-corrected chi connectivity index (χ4v) is 2.80. The number of carbonyl (C=O) groups excluding carboxylic acids is 1. The molecule has 0 aliphatic heterocycles.